The molecule has 0 bridgehead atoms. The van der Waals surface area contributed by atoms with Crippen molar-refractivity contribution in [2.45, 2.75) is 57.7 Å². The van der Waals surface area contributed by atoms with Gasteiger partial charge >= 0.3 is 6.09 Å². The number of carbonyl (C=O) groups is 1. The Kier molecular flexibility index (Phi) is 5.06. The van der Waals surface area contributed by atoms with Crippen LogP contribution >= 0.6 is 0 Å². The maximum Gasteiger partial charge on any atom is 0.410 e. The molecular weight excluding hydrogens is 304 g/mol. The largest absolute Gasteiger partial charge is 0.444 e. The van der Waals surface area contributed by atoms with Crippen LogP contribution in [-0.2, 0) is 14.6 Å². The van der Waals surface area contributed by atoms with Gasteiger partial charge in [-0.25, -0.2) is 13.2 Å². The van der Waals surface area contributed by atoms with E-state index in [-0.39, 0.29) is 23.9 Å². The molecule has 0 radical (unpaired) electrons. The zero-order valence-corrected chi connectivity index (χ0v) is 14.9. The first kappa shape index (κ1) is 17.5. The molecule has 0 spiro atoms. The molecule has 2 atom stereocenters. The van der Waals surface area contributed by atoms with Gasteiger partial charge in [0.1, 0.15) is 5.60 Å². The molecule has 22 heavy (non-hydrogen) atoms. The summed E-state index contributed by atoms with van der Waals surface area (Å²) in [7, 11) is -1.10. The number of rotatable bonds is 2. The summed E-state index contributed by atoms with van der Waals surface area (Å²) in [5.41, 5.74) is -0.501. The highest BCUT2D eigenvalue weighted by Crippen LogP contribution is 2.24. The van der Waals surface area contributed by atoms with E-state index < -0.39 is 15.4 Å². The molecule has 1 amide bonds. The summed E-state index contributed by atoms with van der Waals surface area (Å²) < 4.78 is 28.7. The number of sulfone groups is 1. The molecule has 2 aliphatic rings. The molecule has 7 heteroatoms. The molecule has 0 unspecified atom stereocenters. The molecule has 0 N–H and O–H groups in total. The van der Waals surface area contributed by atoms with Crippen LogP contribution in [0.2, 0.25) is 0 Å². The van der Waals surface area contributed by atoms with Gasteiger partial charge in [0.25, 0.3) is 0 Å². The number of nitrogens with zero attached hydrogens (tertiary/aromatic N) is 2. The minimum atomic E-state index is -2.87. The number of carbonyl (C=O) groups excluding carboxylic acids is 1. The molecule has 0 aliphatic carbocycles. The Morgan fingerprint density at radius 2 is 1.95 bits per heavy atom. The van der Waals surface area contributed by atoms with Crippen molar-refractivity contribution in [2.75, 3.05) is 31.6 Å². The minimum Gasteiger partial charge on any atom is -0.444 e. The third-order valence-electron chi connectivity index (χ3n) is 4.38. The van der Waals surface area contributed by atoms with Crippen LogP contribution in [0.25, 0.3) is 0 Å². The molecule has 2 saturated heterocycles. The van der Waals surface area contributed by atoms with Crippen LogP contribution < -0.4 is 0 Å². The quantitative estimate of drug-likeness (QED) is 0.767. The van der Waals surface area contributed by atoms with Crippen LogP contribution in [0.3, 0.4) is 0 Å². The average molecular weight is 332 g/mol. The van der Waals surface area contributed by atoms with Gasteiger partial charge in [0.05, 0.1) is 11.5 Å². The van der Waals surface area contributed by atoms with E-state index in [4.69, 9.17) is 4.74 Å². The van der Waals surface area contributed by atoms with Gasteiger partial charge in [0.2, 0.25) is 0 Å². The zero-order valence-electron chi connectivity index (χ0n) is 14.0. The highest BCUT2D eigenvalue weighted by Gasteiger charge is 2.36. The molecule has 0 aromatic heterocycles. The smallest absolute Gasteiger partial charge is 0.410 e. The van der Waals surface area contributed by atoms with E-state index in [1.165, 1.54) is 0 Å². The molecule has 128 valence electrons. The predicted molar refractivity (Wildman–Crippen MR) is 85.7 cm³/mol. The molecule has 2 heterocycles. The van der Waals surface area contributed by atoms with Crippen LogP contribution in [0.15, 0.2) is 0 Å². The van der Waals surface area contributed by atoms with Gasteiger partial charge in [0.15, 0.2) is 9.84 Å². The van der Waals surface area contributed by atoms with Crippen LogP contribution in [0.1, 0.15) is 40.0 Å². The maximum absolute atomic E-state index is 12.2. The van der Waals surface area contributed by atoms with E-state index in [0.717, 1.165) is 25.9 Å². The van der Waals surface area contributed by atoms with Gasteiger partial charge in [-0.3, -0.25) is 4.90 Å². The van der Waals surface area contributed by atoms with Crippen molar-refractivity contribution in [2.24, 2.45) is 0 Å². The van der Waals surface area contributed by atoms with E-state index in [1.807, 2.05) is 20.8 Å². The summed E-state index contributed by atoms with van der Waals surface area (Å²) in [5.74, 6) is 0.552. The summed E-state index contributed by atoms with van der Waals surface area (Å²) in [6, 6.07) is 0.201. The molecule has 0 saturated carbocycles. The Bertz CT molecular complexity index is 512. The first-order valence-corrected chi connectivity index (χ1v) is 9.80. The van der Waals surface area contributed by atoms with E-state index >= 15 is 0 Å². The average Bonchev–Trinajstić information content (AvgIpc) is 2.76. The van der Waals surface area contributed by atoms with Gasteiger partial charge in [-0.15, -0.1) is 0 Å². The fraction of sp³-hybridized carbons (Fsp3) is 0.933. The highest BCUT2D eigenvalue weighted by molar-refractivity contribution is 7.91. The van der Waals surface area contributed by atoms with Gasteiger partial charge in [-0.2, -0.15) is 0 Å². The van der Waals surface area contributed by atoms with Crippen molar-refractivity contribution in [1.82, 2.24) is 9.80 Å². The van der Waals surface area contributed by atoms with E-state index in [9.17, 15) is 13.2 Å². The number of amides is 1. The number of ether oxygens (including phenoxy) is 1. The standard InChI is InChI=1S/C15H28N2O4S/c1-15(2,3)21-14(18)16(4)12-6-5-8-17(10-12)13-7-9-22(19,20)11-13/h12-13H,5-11H2,1-4H3/t12-,13+/m1/s1. The fourth-order valence-corrected chi connectivity index (χ4v) is 4.94. The number of piperidine rings is 1. The summed E-state index contributed by atoms with van der Waals surface area (Å²) in [6.07, 6.45) is 2.32. The molecule has 0 aromatic carbocycles. The Balaban J connectivity index is 1.94. The van der Waals surface area contributed by atoms with Crippen molar-refractivity contribution >= 4 is 15.9 Å². The van der Waals surface area contributed by atoms with E-state index in [0.29, 0.717) is 12.2 Å². The fourth-order valence-electron chi connectivity index (χ4n) is 3.18. The molecule has 6 nitrogen and oxygen atoms in total. The predicted octanol–water partition coefficient (Wildman–Crippen LogP) is 1.50. The lowest BCUT2D eigenvalue weighted by atomic mass is 10.0. The first-order chi connectivity index (χ1) is 10.1. The molecule has 2 aliphatic heterocycles. The van der Waals surface area contributed by atoms with Crippen molar-refractivity contribution in [1.29, 1.82) is 0 Å². The number of likely N-dealkylation sites (N-methyl/N-ethyl adjacent to an activating group) is 1. The lowest BCUT2D eigenvalue weighted by Crippen LogP contribution is -2.52. The number of hydrogen-bond acceptors (Lipinski definition) is 5. The van der Waals surface area contributed by atoms with Crippen molar-refractivity contribution in [3.63, 3.8) is 0 Å². The van der Waals surface area contributed by atoms with E-state index in [1.54, 1.807) is 11.9 Å². The minimum absolute atomic E-state index is 0.0897. The first-order valence-electron chi connectivity index (χ1n) is 7.98. The third-order valence-corrected chi connectivity index (χ3v) is 6.13. The van der Waals surface area contributed by atoms with E-state index in [2.05, 4.69) is 4.90 Å². The van der Waals surface area contributed by atoms with Crippen molar-refractivity contribution < 1.29 is 17.9 Å². The second kappa shape index (κ2) is 6.35. The van der Waals surface area contributed by atoms with Crippen molar-refractivity contribution in [3.05, 3.63) is 0 Å². The monoisotopic (exact) mass is 332 g/mol. The van der Waals surface area contributed by atoms with Crippen LogP contribution in [0, 0.1) is 0 Å². The van der Waals surface area contributed by atoms with Crippen LogP contribution in [-0.4, -0.2) is 73.6 Å². The zero-order chi connectivity index (χ0) is 16.5. The Morgan fingerprint density at radius 1 is 1.27 bits per heavy atom. The topological polar surface area (TPSA) is 66.9 Å². The maximum atomic E-state index is 12.2. The molecule has 2 fully saturated rings. The lowest BCUT2D eigenvalue weighted by molar-refractivity contribution is 0.0108. The Hall–Kier alpha value is -0.820. The number of hydrogen-bond donors (Lipinski definition) is 0. The second-order valence-corrected chi connectivity index (χ2v) is 9.67. The lowest BCUT2D eigenvalue weighted by Gasteiger charge is -2.40. The summed E-state index contributed by atoms with van der Waals surface area (Å²) in [5, 5.41) is 0. The Morgan fingerprint density at radius 3 is 2.50 bits per heavy atom. The van der Waals surface area contributed by atoms with Gasteiger partial charge in [0, 0.05) is 25.7 Å². The number of likely N-dealkylation sites (tertiary alicyclic amines) is 1. The van der Waals surface area contributed by atoms with Gasteiger partial charge in [-0.1, -0.05) is 0 Å². The van der Waals surface area contributed by atoms with Gasteiger partial charge < -0.3 is 9.64 Å². The van der Waals surface area contributed by atoms with Crippen LogP contribution in [0.4, 0.5) is 4.79 Å². The molecule has 0 aromatic rings. The van der Waals surface area contributed by atoms with Crippen molar-refractivity contribution in [3.8, 4) is 0 Å². The third kappa shape index (κ3) is 4.59. The molecular formula is C15H28N2O4S. The Labute approximate surface area is 133 Å². The summed E-state index contributed by atoms with van der Waals surface area (Å²) >= 11 is 0. The second-order valence-electron chi connectivity index (χ2n) is 7.44. The van der Waals surface area contributed by atoms with Crippen LogP contribution in [0.5, 0.6) is 0 Å². The molecule has 2 rings (SSSR count). The summed E-state index contributed by atoms with van der Waals surface area (Å²) in [4.78, 5) is 16.1. The SMILES string of the molecule is CN(C(=O)OC(C)(C)C)[C@@H]1CCCN([C@H]2CCS(=O)(=O)C2)C1. The normalized spacial score (nSPS) is 29.3. The highest BCUT2D eigenvalue weighted by atomic mass is 32.2. The summed E-state index contributed by atoms with van der Waals surface area (Å²) in [6.45, 7) is 7.22. The van der Waals surface area contributed by atoms with Gasteiger partial charge in [-0.05, 0) is 46.6 Å².